The average molecular weight is 288 g/mol. The smallest absolute Gasteiger partial charge is 0.138 e. The zero-order valence-electron chi connectivity index (χ0n) is 9.33. The van der Waals surface area contributed by atoms with E-state index in [-0.39, 0.29) is 6.61 Å². The van der Waals surface area contributed by atoms with Crippen LogP contribution in [-0.2, 0) is 6.54 Å². The largest absolute Gasteiger partial charge is 0.489 e. The molecule has 96 valence electrons. The summed E-state index contributed by atoms with van der Waals surface area (Å²) in [5.74, 6) is 0.490. The van der Waals surface area contributed by atoms with Crippen LogP contribution in [-0.4, -0.2) is 32.6 Å². The Kier molecular flexibility index (Phi) is 4.41. The van der Waals surface area contributed by atoms with Gasteiger partial charge in [0.25, 0.3) is 0 Å². The minimum atomic E-state index is -0.673. The minimum absolute atomic E-state index is 0.125. The highest BCUT2D eigenvalue weighted by atomic mass is 35.5. The highest BCUT2D eigenvalue weighted by Crippen LogP contribution is 2.27. The number of aliphatic hydroxyl groups excluding tert-OH is 1. The molecule has 1 N–H and O–H groups in total. The number of hydrogen-bond donors (Lipinski definition) is 1. The van der Waals surface area contributed by atoms with E-state index in [4.69, 9.17) is 27.9 Å². The molecule has 1 heterocycles. The van der Waals surface area contributed by atoms with Crippen molar-refractivity contribution >= 4 is 23.2 Å². The quantitative estimate of drug-likeness (QED) is 0.914. The van der Waals surface area contributed by atoms with Crippen LogP contribution in [0.5, 0.6) is 5.75 Å². The number of hydrogen-bond acceptors (Lipinski definition) is 4. The number of benzene rings is 1. The molecule has 0 saturated heterocycles. The number of nitrogens with zero attached hydrogens (tertiary/aromatic N) is 3. The van der Waals surface area contributed by atoms with Crippen LogP contribution in [0.25, 0.3) is 0 Å². The second kappa shape index (κ2) is 6.04. The molecule has 1 atom stereocenters. The SMILES string of the molecule is OC(COc1ccc(Cl)cc1Cl)Cn1cnnc1. The Bertz CT molecular complexity index is 505. The van der Waals surface area contributed by atoms with Crippen LogP contribution < -0.4 is 4.74 Å². The van der Waals surface area contributed by atoms with Crippen molar-refractivity contribution in [1.82, 2.24) is 14.8 Å². The van der Waals surface area contributed by atoms with Gasteiger partial charge in [-0.05, 0) is 18.2 Å². The van der Waals surface area contributed by atoms with E-state index in [0.717, 1.165) is 0 Å². The van der Waals surface area contributed by atoms with Gasteiger partial charge in [-0.1, -0.05) is 23.2 Å². The molecule has 0 aliphatic carbocycles. The lowest BCUT2D eigenvalue weighted by Crippen LogP contribution is -2.23. The van der Waals surface area contributed by atoms with Crippen LogP contribution in [0.1, 0.15) is 0 Å². The molecule has 5 nitrogen and oxygen atoms in total. The molecule has 0 aliphatic heterocycles. The van der Waals surface area contributed by atoms with Crippen LogP contribution in [0.15, 0.2) is 30.9 Å². The Morgan fingerprint density at radius 3 is 2.67 bits per heavy atom. The zero-order valence-corrected chi connectivity index (χ0v) is 10.8. The van der Waals surface area contributed by atoms with Crippen molar-refractivity contribution in [2.75, 3.05) is 6.61 Å². The number of halogens is 2. The summed E-state index contributed by atoms with van der Waals surface area (Å²) in [6.07, 6.45) is 2.38. The fraction of sp³-hybridized carbons (Fsp3) is 0.273. The summed E-state index contributed by atoms with van der Waals surface area (Å²) in [6, 6.07) is 4.93. The van der Waals surface area contributed by atoms with Gasteiger partial charge in [0.2, 0.25) is 0 Å². The minimum Gasteiger partial charge on any atom is -0.489 e. The third-order valence-corrected chi connectivity index (χ3v) is 2.74. The van der Waals surface area contributed by atoms with Crippen LogP contribution in [0.3, 0.4) is 0 Å². The molecule has 1 aromatic carbocycles. The summed E-state index contributed by atoms with van der Waals surface area (Å²) >= 11 is 11.7. The number of aliphatic hydroxyl groups is 1. The van der Waals surface area contributed by atoms with Crippen molar-refractivity contribution in [3.63, 3.8) is 0 Å². The second-order valence-electron chi connectivity index (χ2n) is 3.70. The van der Waals surface area contributed by atoms with E-state index in [9.17, 15) is 5.11 Å². The molecular weight excluding hydrogens is 277 g/mol. The summed E-state index contributed by atoms with van der Waals surface area (Å²) < 4.78 is 7.07. The van der Waals surface area contributed by atoms with Gasteiger partial charge >= 0.3 is 0 Å². The fourth-order valence-corrected chi connectivity index (χ4v) is 1.85. The van der Waals surface area contributed by atoms with Crippen LogP contribution >= 0.6 is 23.2 Å². The molecule has 7 heteroatoms. The first-order chi connectivity index (χ1) is 8.65. The van der Waals surface area contributed by atoms with Crippen LogP contribution in [0.2, 0.25) is 10.0 Å². The van der Waals surface area contributed by atoms with Gasteiger partial charge in [0.1, 0.15) is 31.1 Å². The van der Waals surface area contributed by atoms with Crippen molar-refractivity contribution in [3.8, 4) is 5.75 Å². The van der Waals surface area contributed by atoms with E-state index in [1.54, 1.807) is 22.8 Å². The van der Waals surface area contributed by atoms with Gasteiger partial charge < -0.3 is 14.4 Å². The molecule has 0 radical (unpaired) electrons. The third-order valence-electron chi connectivity index (χ3n) is 2.21. The number of rotatable bonds is 5. The summed E-state index contributed by atoms with van der Waals surface area (Å²) in [5.41, 5.74) is 0. The summed E-state index contributed by atoms with van der Waals surface area (Å²) in [5, 5.41) is 18.0. The molecule has 2 rings (SSSR count). The molecule has 0 spiro atoms. The van der Waals surface area contributed by atoms with Crippen LogP contribution in [0.4, 0.5) is 0 Å². The lowest BCUT2D eigenvalue weighted by atomic mass is 10.3. The zero-order chi connectivity index (χ0) is 13.0. The van der Waals surface area contributed by atoms with Gasteiger partial charge in [0.05, 0.1) is 11.6 Å². The Labute approximate surface area is 114 Å². The lowest BCUT2D eigenvalue weighted by Gasteiger charge is -2.13. The van der Waals surface area contributed by atoms with Gasteiger partial charge in [-0.15, -0.1) is 10.2 Å². The van der Waals surface area contributed by atoms with E-state index in [1.165, 1.54) is 12.7 Å². The molecule has 0 bridgehead atoms. The molecule has 2 aromatic rings. The highest BCUT2D eigenvalue weighted by Gasteiger charge is 2.08. The number of ether oxygens (including phenoxy) is 1. The van der Waals surface area contributed by atoms with E-state index in [1.807, 2.05) is 0 Å². The third kappa shape index (κ3) is 3.60. The molecule has 0 aliphatic rings. The normalized spacial score (nSPS) is 12.4. The maximum absolute atomic E-state index is 9.76. The topological polar surface area (TPSA) is 60.2 Å². The molecule has 0 saturated carbocycles. The van der Waals surface area contributed by atoms with Gasteiger partial charge in [0.15, 0.2) is 0 Å². The predicted molar refractivity (Wildman–Crippen MR) is 68.0 cm³/mol. The molecule has 1 aromatic heterocycles. The maximum Gasteiger partial charge on any atom is 0.138 e. The lowest BCUT2D eigenvalue weighted by molar-refractivity contribution is 0.0924. The Hall–Kier alpha value is -1.30. The van der Waals surface area contributed by atoms with Gasteiger partial charge in [-0.3, -0.25) is 0 Å². The molecule has 18 heavy (non-hydrogen) atoms. The Balaban J connectivity index is 1.87. The first kappa shape index (κ1) is 13.1. The Morgan fingerprint density at radius 2 is 2.00 bits per heavy atom. The maximum atomic E-state index is 9.76. The van der Waals surface area contributed by atoms with Crippen molar-refractivity contribution in [2.45, 2.75) is 12.6 Å². The highest BCUT2D eigenvalue weighted by molar-refractivity contribution is 6.35. The van der Waals surface area contributed by atoms with Gasteiger partial charge in [-0.2, -0.15) is 0 Å². The standard InChI is InChI=1S/C11H11Cl2N3O2/c12-8-1-2-11(10(13)3-8)18-5-9(17)4-16-6-14-15-7-16/h1-3,6-7,9,17H,4-5H2. The van der Waals surface area contributed by atoms with Crippen molar-refractivity contribution < 1.29 is 9.84 Å². The monoisotopic (exact) mass is 287 g/mol. The molecular formula is C11H11Cl2N3O2. The van der Waals surface area contributed by atoms with Gasteiger partial charge in [-0.25, -0.2) is 0 Å². The summed E-state index contributed by atoms with van der Waals surface area (Å²) in [4.78, 5) is 0. The first-order valence-electron chi connectivity index (χ1n) is 5.23. The first-order valence-corrected chi connectivity index (χ1v) is 5.99. The fourth-order valence-electron chi connectivity index (χ4n) is 1.39. The summed E-state index contributed by atoms with van der Waals surface area (Å²) in [6.45, 7) is 0.484. The predicted octanol–water partition coefficient (Wildman–Crippen LogP) is 2.02. The van der Waals surface area contributed by atoms with Crippen molar-refractivity contribution in [1.29, 1.82) is 0 Å². The second-order valence-corrected chi connectivity index (χ2v) is 4.54. The average Bonchev–Trinajstić information content (AvgIpc) is 2.80. The molecule has 0 amide bonds. The Morgan fingerprint density at radius 1 is 1.28 bits per heavy atom. The number of aromatic nitrogens is 3. The van der Waals surface area contributed by atoms with Crippen molar-refractivity contribution in [3.05, 3.63) is 40.9 Å². The molecule has 0 fully saturated rings. The van der Waals surface area contributed by atoms with E-state index in [2.05, 4.69) is 10.2 Å². The molecule has 1 unspecified atom stereocenters. The van der Waals surface area contributed by atoms with E-state index >= 15 is 0 Å². The summed E-state index contributed by atoms with van der Waals surface area (Å²) in [7, 11) is 0. The van der Waals surface area contributed by atoms with E-state index in [0.29, 0.717) is 22.3 Å². The van der Waals surface area contributed by atoms with E-state index < -0.39 is 6.10 Å². The van der Waals surface area contributed by atoms with Crippen molar-refractivity contribution in [2.24, 2.45) is 0 Å². The van der Waals surface area contributed by atoms with Crippen LogP contribution in [0, 0.1) is 0 Å². The van der Waals surface area contributed by atoms with Gasteiger partial charge in [0, 0.05) is 5.02 Å².